The molecule has 3 aliphatic heterocycles. The fourth-order valence-electron chi connectivity index (χ4n) is 5.28. The average molecular weight is 486 g/mol. The highest BCUT2D eigenvalue weighted by Gasteiger charge is 2.40. The largest absolute Gasteiger partial charge is 0.457 e. The van der Waals surface area contributed by atoms with Crippen molar-refractivity contribution in [3.63, 3.8) is 0 Å². The smallest absolute Gasteiger partial charge is 0.338 e. The van der Waals surface area contributed by atoms with Crippen molar-refractivity contribution in [1.29, 1.82) is 0 Å². The molecule has 9 heteroatoms. The molecule has 0 N–H and O–H groups in total. The SMILES string of the molecule is Cc1c(CCN2CCC3(CC2)CN(c2ccc(S(C)(=O)=O)nc2)CCO3)ccc2c1COC2=O. The van der Waals surface area contributed by atoms with E-state index in [-0.39, 0.29) is 16.6 Å². The van der Waals surface area contributed by atoms with Gasteiger partial charge in [-0.05, 0) is 55.5 Å². The number of morpholine rings is 1. The molecule has 4 heterocycles. The number of pyridine rings is 1. The van der Waals surface area contributed by atoms with Crippen molar-refractivity contribution in [3.8, 4) is 0 Å². The quantitative estimate of drug-likeness (QED) is 0.597. The van der Waals surface area contributed by atoms with Crippen molar-refractivity contribution in [1.82, 2.24) is 9.88 Å². The second-order valence-electron chi connectivity index (χ2n) is 9.62. The lowest BCUT2D eigenvalue weighted by atomic mass is 9.88. The number of hydrogen-bond acceptors (Lipinski definition) is 8. The van der Waals surface area contributed by atoms with Crippen molar-refractivity contribution in [2.45, 2.75) is 43.4 Å². The molecular formula is C25H31N3O5S. The number of anilines is 1. The summed E-state index contributed by atoms with van der Waals surface area (Å²) in [6, 6.07) is 7.39. The molecule has 5 rings (SSSR count). The second-order valence-corrected chi connectivity index (χ2v) is 11.6. The molecule has 0 unspecified atom stereocenters. The highest BCUT2D eigenvalue weighted by atomic mass is 32.2. The topological polar surface area (TPSA) is 89.0 Å². The molecule has 0 saturated carbocycles. The number of ether oxygens (including phenoxy) is 2. The normalized spacial score (nSPS) is 20.4. The van der Waals surface area contributed by atoms with Gasteiger partial charge in [-0.15, -0.1) is 0 Å². The maximum Gasteiger partial charge on any atom is 0.338 e. The van der Waals surface area contributed by atoms with Gasteiger partial charge in [0.25, 0.3) is 0 Å². The van der Waals surface area contributed by atoms with Crippen LogP contribution in [-0.2, 0) is 32.3 Å². The number of benzene rings is 1. The van der Waals surface area contributed by atoms with Gasteiger partial charge in [-0.2, -0.15) is 0 Å². The summed E-state index contributed by atoms with van der Waals surface area (Å²) in [4.78, 5) is 20.7. The first kappa shape index (κ1) is 23.3. The minimum absolute atomic E-state index is 0.102. The van der Waals surface area contributed by atoms with E-state index in [1.165, 1.54) is 17.4 Å². The van der Waals surface area contributed by atoms with E-state index in [0.29, 0.717) is 18.8 Å². The minimum atomic E-state index is -3.30. The minimum Gasteiger partial charge on any atom is -0.457 e. The number of esters is 1. The lowest BCUT2D eigenvalue weighted by Crippen LogP contribution is -2.57. The molecule has 1 aromatic carbocycles. The number of cyclic esters (lactones) is 1. The number of piperidine rings is 1. The maximum atomic E-state index is 11.8. The van der Waals surface area contributed by atoms with Gasteiger partial charge in [0.2, 0.25) is 0 Å². The van der Waals surface area contributed by atoms with Crippen LogP contribution in [0.5, 0.6) is 0 Å². The van der Waals surface area contributed by atoms with Crippen LogP contribution in [0.15, 0.2) is 35.5 Å². The Labute approximate surface area is 200 Å². The van der Waals surface area contributed by atoms with Crippen molar-refractivity contribution in [2.75, 3.05) is 50.5 Å². The number of nitrogens with zero attached hydrogens (tertiary/aromatic N) is 3. The number of aromatic nitrogens is 1. The van der Waals surface area contributed by atoms with Crippen LogP contribution in [0.25, 0.3) is 0 Å². The molecule has 2 saturated heterocycles. The Bertz CT molecular complexity index is 1190. The van der Waals surface area contributed by atoms with Gasteiger partial charge in [0.15, 0.2) is 14.9 Å². The monoisotopic (exact) mass is 485 g/mol. The van der Waals surface area contributed by atoms with E-state index in [4.69, 9.17) is 9.47 Å². The van der Waals surface area contributed by atoms with Gasteiger partial charge in [-0.1, -0.05) is 6.07 Å². The van der Waals surface area contributed by atoms with E-state index in [1.807, 2.05) is 12.1 Å². The van der Waals surface area contributed by atoms with Crippen molar-refractivity contribution in [2.24, 2.45) is 0 Å². The Morgan fingerprint density at radius 1 is 1.12 bits per heavy atom. The average Bonchev–Trinajstić information content (AvgIpc) is 3.21. The van der Waals surface area contributed by atoms with Crippen molar-refractivity contribution >= 4 is 21.5 Å². The molecule has 0 aliphatic carbocycles. The van der Waals surface area contributed by atoms with Crippen LogP contribution in [-0.4, -0.2) is 75.5 Å². The molecule has 34 heavy (non-hydrogen) atoms. The van der Waals surface area contributed by atoms with E-state index >= 15 is 0 Å². The molecule has 2 fully saturated rings. The van der Waals surface area contributed by atoms with E-state index in [9.17, 15) is 13.2 Å². The highest BCUT2D eigenvalue weighted by Crippen LogP contribution is 2.33. The van der Waals surface area contributed by atoms with Gasteiger partial charge >= 0.3 is 5.97 Å². The zero-order valence-corrected chi connectivity index (χ0v) is 20.6. The van der Waals surface area contributed by atoms with Crippen LogP contribution in [0, 0.1) is 6.92 Å². The van der Waals surface area contributed by atoms with E-state index in [0.717, 1.165) is 63.2 Å². The first-order valence-corrected chi connectivity index (χ1v) is 13.7. The molecule has 3 aliphatic rings. The van der Waals surface area contributed by atoms with Crippen LogP contribution in [0.1, 0.15) is 39.9 Å². The summed E-state index contributed by atoms with van der Waals surface area (Å²) >= 11 is 0. The number of fused-ring (bicyclic) bond motifs is 1. The molecule has 2 aromatic rings. The predicted molar refractivity (Wildman–Crippen MR) is 128 cm³/mol. The molecule has 1 spiro atoms. The second kappa shape index (κ2) is 8.94. The third-order valence-corrected chi connectivity index (χ3v) is 8.46. The molecule has 182 valence electrons. The van der Waals surface area contributed by atoms with Gasteiger partial charge in [0.1, 0.15) is 6.61 Å². The van der Waals surface area contributed by atoms with E-state index in [2.05, 4.69) is 27.8 Å². The number of carbonyl (C=O) groups is 1. The number of rotatable bonds is 5. The molecule has 8 nitrogen and oxygen atoms in total. The Balaban J connectivity index is 1.17. The highest BCUT2D eigenvalue weighted by molar-refractivity contribution is 7.90. The maximum absolute atomic E-state index is 11.8. The Morgan fingerprint density at radius 2 is 1.91 bits per heavy atom. The fraction of sp³-hybridized carbons (Fsp3) is 0.520. The summed E-state index contributed by atoms with van der Waals surface area (Å²) in [7, 11) is -3.30. The molecule has 0 amide bonds. The summed E-state index contributed by atoms with van der Waals surface area (Å²) in [5, 5.41) is 0.102. The zero-order chi connectivity index (χ0) is 23.9. The number of hydrogen-bond donors (Lipinski definition) is 0. The van der Waals surface area contributed by atoms with Crippen LogP contribution < -0.4 is 4.90 Å². The Kier molecular flexibility index (Phi) is 6.12. The van der Waals surface area contributed by atoms with Gasteiger partial charge in [-0.25, -0.2) is 18.2 Å². The number of sulfone groups is 1. The third kappa shape index (κ3) is 4.56. The molecule has 0 bridgehead atoms. The van der Waals surface area contributed by atoms with Gasteiger partial charge < -0.3 is 19.3 Å². The summed E-state index contributed by atoms with van der Waals surface area (Å²) in [5.41, 5.74) is 4.97. The zero-order valence-electron chi connectivity index (χ0n) is 19.7. The first-order chi connectivity index (χ1) is 16.2. The van der Waals surface area contributed by atoms with E-state index < -0.39 is 9.84 Å². The lowest BCUT2D eigenvalue weighted by molar-refractivity contribution is -0.0909. The van der Waals surface area contributed by atoms with Crippen LogP contribution in [0.3, 0.4) is 0 Å². The van der Waals surface area contributed by atoms with Crippen molar-refractivity contribution in [3.05, 3.63) is 52.7 Å². The fourth-order valence-corrected chi connectivity index (χ4v) is 5.84. The van der Waals surface area contributed by atoms with E-state index in [1.54, 1.807) is 12.3 Å². The number of carbonyl (C=O) groups excluding carboxylic acids is 1. The van der Waals surface area contributed by atoms with Crippen LogP contribution >= 0.6 is 0 Å². The molecule has 1 aromatic heterocycles. The summed E-state index contributed by atoms with van der Waals surface area (Å²) in [6.07, 6.45) is 5.70. The lowest BCUT2D eigenvalue weighted by Gasteiger charge is -2.48. The predicted octanol–water partition coefficient (Wildman–Crippen LogP) is 2.38. The van der Waals surface area contributed by atoms with Gasteiger partial charge in [0.05, 0.1) is 29.7 Å². The summed E-state index contributed by atoms with van der Waals surface area (Å²) in [5.74, 6) is -0.213. The third-order valence-electron chi connectivity index (χ3n) is 7.46. The Morgan fingerprint density at radius 3 is 2.62 bits per heavy atom. The molecular weight excluding hydrogens is 454 g/mol. The van der Waals surface area contributed by atoms with Crippen molar-refractivity contribution < 1.29 is 22.7 Å². The number of likely N-dealkylation sites (tertiary alicyclic amines) is 1. The van der Waals surface area contributed by atoms with Gasteiger partial charge in [-0.3, -0.25) is 0 Å². The Hall–Kier alpha value is -2.49. The van der Waals surface area contributed by atoms with Gasteiger partial charge in [0, 0.05) is 44.5 Å². The summed E-state index contributed by atoms with van der Waals surface area (Å²) < 4.78 is 34.9. The van der Waals surface area contributed by atoms with Crippen LogP contribution in [0.2, 0.25) is 0 Å². The van der Waals surface area contributed by atoms with Crippen LogP contribution in [0.4, 0.5) is 5.69 Å². The molecule has 0 atom stereocenters. The first-order valence-electron chi connectivity index (χ1n) is 11.8. The standard InChI is InChI=1S/C25H31N3O5S/c1-18-19(3-5-21-22(18)16-32-24(21)29)7-10-27-11-8-25(9-12-27)17-28(13-14-33-25)20-4-6-23(26-15-20)34(2,30)31/h3-6,15H,7-14,16-17H2,1-2H3. The molecule has 0 radical (unpaired) electrons. The summed E-state index contributed by atoms with van der Waals surface area (Å²) in [6.45, 7) is 7.63.